The van der Waals surface area contributed by atoms with Crippen molar-refractivity contribution < 1.29 is 0 Å². The summed E-state index contributed by atoms with van der Waals surface area (Å²) in [5, 5.41) is 0. The third-order valence-corrected chi connectivity index (χ3v) is 0.994. The number of rotatable bonds is 0. The quantitative estimate of drug-likeness (QED) is 0.581. The molecule has 0 unspecified atom stereocenters. The first kappa shape index (κ1) is 7.08. The third kappa shape index (κ3) is 1.55. The number of aliphatic imine (C=N–C) groups is 1. The molecule has 1 aliphatic heterocycles. The van der Waals surface area contributed by atoms with E-state index in [1.54, 1.807) is 6.34 Å². The van der Waals surface area contributed by atoms with Crippen molar-refractivity contribution in [1.82, 2.24) is 4.90 Å². The first-order valence-electron chi connectivity index (χ1n) is 2.57. The van der Waals surface area contributed by atoms with Gasteiger partial charge in [0.1, 0.15) is 0 Å². The van der Waals surface area contributed by atoms with Gasteiger partial charge >= 0.3 is 0 Å². The molecule has 1 radical (unpaired) electrons. The van der Waals surface area contributed by atoms with Gasteiger partial charge in [0.05, 0.1) is 0 Å². The van der Waals surface area contributed by atoms with E-state index in [-0.39, 0.29) is 0 Å². The maximum absolute atomic E-state index is 4.04. The van der Waals surface area contributed by atoms with E-state index in [9.17, 15) is 0 Å². The summed E-state index contributed by atoms with van der Waals surface area (Å²) in [6.45, 7) is 1.97. The first-order chi connectivity index (χ1) is 3.79. The summed E-state index contributed by atoms with van der Waals surface area (Å²) in [6.07, 6.45) is 5.73. The number of hydrogen-bond donors (Lipinski definition) is 0. The molecule has 59 valence electrons. The van der Waals surface area contributed by atoms with Crippen LogP contribution in [0.15, 0.2) is 17.3 Å². The zero-order chi connectivity index (χ0) is 5.98. The average molecular weight is 371 g/mol. The molecule has 1 heterocycles. The third-order valence-electron chi connectivity index (χ3n) is 0.994. The van der Waals surface area contributed by atoms with Gasteiger partial charge < -0.3 is 9.89 Å². The molecule has 1 aliphatic rings. The molecule has 0 aromatic rings. The Labute approximate surface area is 49.5 Å². The van der Waals surface area contributed by atoms with Crippen LogP contribution in [0.25, 0.3) is 0 Å². The van der Waals surface area contributed by atoms with Crippen LogP contribution in [0.4, 0.5) is 0 Å². The molecule has 0 aromatic carbocycles. The van der Waals surface area contributed by atoms with Crippen LogP contribution in [0.2, 0.25) is 0 Å². The second-order valence-corrected chi connectivity index (χ2v) is 1.87. The Morgan fingerprint density at radius 1 is 1.56 bits per heavy atom. The van der Waals surface area contributed by atoms with Crippen molar-refractivity contribution in [1.29, 1.82) is 0 Å². The van der Waals surface area contributed by atoms with Crippen LogP contribution in [0.3, 0.4) is 0 Å². The smallest absolute Gasteiger partial charge is 0 e. The minimum atomic E-state index is 0. The topological polar surface area (TPSA) is 15.6 Å². The van der Waals surface area contributed by atoms with Gasteiger partial charge in [0, 0.05) is 0 Å². The molecule has 1 rings (SSSR count). The van der Waals surface area contributed by atoms with Gasteiger partial charge in [-0.05, 0) is 13.4 Å². The Hall–Kier alpha value is -1.92. The molecule has 0 saturated carbocycles. The van der Waals surface area contributed by atoms with Crippen molar-refractivity contribution in [2.75, 3.05) is 7.05 Å². The Kier molecular flexibility index (Phi) is 1.89. The molecule has 3 heteroatoms. The maximum atomic E-state index is 4.04. The van der Waals surface area contributed by atoms with E-state index >= 15 is 0 Å². The number of hydrogen-bond acceptors (Lipinski definition) is 2. The normalized spacial score (nSPS) is 15.8. The van der Waals surface area contributed by atoms with E-state index in [4.69, 9.17) is 0 Å². The first-order valence-corrected chi connectivity index (χ1v) is 2.57. The van der Waals surface area contributed by atoms with E-state index in [1.165, 1.54) is 0 Å². The Morgan fingerprint density at radius 2 is 2.22 bits per heavy atom. The van der Waals surface area contributed by atoms with Crippen molar-refractivity contribution in [2.24, 2.45) is 4.99 Å². The molecule has 0 aliphatic carbocycles. The summed E-state index contributed by atoms with van der Waals surface area (Å²) in [4.78, 5) is 5.95. The van der Waals surface area contributed by atoms with Crippen LogP contribution in [-0.2, 0) is 0 Å². The van der Waals surface area contributed by atoms with Gasteiger partial charge in [-0.3, -0.25) is 0 Å². The second kappa shape index (κ2) is 2.40. The molecular weight excluding hydrogens is 362 g/mol. The molecule has 0 aromatic heterocycles. The average Bonchev–Trinajstić information content (AvgIpc) is 1.77. The van der Waals surface area contributed by atoms with Crippen molar-refractivity contribution in [3.8, 4) is 0 Å². The van der Waals surface area contributed by atoms with Gasteiger partial charge in [0.2, 0.25) is 0 Å². The summed E-state index contributed by atoms with van der Waals surface area (Å²) in [5.74, 6) is 0. The monoisotopic (exact) mass is 371 g/mol. The van der Waals surface area contributed by atoms with E-state index in [2.05, 4.69) is 4.99 Å². The van der Waals surface area contributed by atoms with Gasteiger partial charge in [0.15, 0.2) is 0 Å². The molecule has 0 N–H and O–H groups in total. The number of nitrogens with zero attached hydrogens (tertiary/aromatic N) is 2. The van der Waals surface area contributed by atoms with Crippen LogP contribution in [0.5, 0.6) is 0 Å². The largest absolute Gasteiger partial charge is 0.447 e. The van der Waals surface area contributed by atoms with Gasteiger partial charge in [-0.2, -0.15) is 0 Å². The van der Waals surface area contributed by atoms with Crippen LogP contribution < -0.4 is 0 Å². The van der Waals surface area contributed by atoms with Gasteiger partial charge in [0.25, 0.3) is 0 Å². The molecule has 9 heavy (non-hydrogen) atoms. The summed E-state index contributed by atoms with van der Waals surface area (Å²) in [7, 11) is 1.95. The van der Waals surface area contributed by atoms with Crippen LogP contribution in [0.1, 0.15) is 6.92 Å². The zero-order valence-corrected chi connectivity index (χ0v) is 7.53. The SMILES string of the molecule is C[C-]1C=CN(C)C=N1.[Lr]. The maximum Gasteiger partial charge on any atom is 0 e. The van der Waals surface area contributed by atoms with E-state index < -0.39 is 0 Å². The van der Waals surface area contributed by atoms with Crippen molar-refractivity contribution in [3.05, 3.63) is 18.3 Å². The zero-order valence-electron chi connectivity index (χ0n) is 5.38. The molecule has 2 nitrogen and oxygen atoms in total. The van der Waals surface area contributed by atoms with Crippen LogP contribution >= 0.6 is 0 Å². The fourth-order valence-electron chi connectivity index (χ4n) is 0.489. The predicted molar refractivity (Wildman–Crippen MR) is 34.3 cm³/mol. The molecule has 0 saturated heterocycles. The second-order valence-electron chi connectivity index (χ2n) is 1.87. The van der Waals surface area contributed by atoms with E-state index in [0.717, 1.165) is 6.04 Å². The van der Waals surface area contributed by atoms with Gasteiger partial charge in [-0.1, -0.05) is 13.0 Å². The summed E-state index contributed by atoms with van der Waals surface area (Å²) in [6, 6.07) is 1.06. The Morgan fingerprint density at radius 3 is 2.56 bits per heavy atom. The van der Waals surface area contributed by atoms with Gasteiger partial charge in [-0.15, -0.1) is 12.3 Å². The van der Waals surface area contributed by atoms with Crippen molar-refractivity contribution >= 4 is 6.34 Å². The Bertz CT molecular complexity index is 103. The fraction of sp³-hybridized carbons (Fsp3) is 0.333. The van der Waals surface area contributed by atoms with Crippen molar-refractivity contribution in [3.63, 3.8) is 0 Å². The molecule has 0 atom stereocenters. The predicted octanol–water partition coefficient (Wildman–Crippen LogP) is 1.03. The minimum absolute atomic E-state index is 0. The summed E-state index contributed by atoms with van der Waals surface area (Å²) < 4.78 is 0. The summed E-state index contributed by atoms with van der Waals surface area (Å²) in [5.41, 5.74) is 0. The minimum Gasteiger partial charge on any atom is -0.447 e. The summed E-state index contributed by atoms with van der Waals surface area (Å²) >= 11 is 0. The molecule has 0 bridgehead atoms. The van der Waals surface area contributed by atoms with Crippen LogP contribution in [-0.4, -0.2) is 18.3 Å². The Balaban J connectivity index is 0.000000640. The van der Waals surface area contributed by atoms with Crippen molar-refractivity contribution in [2.45, 2.75) is 6.92 Å². The van der Waals surface area contributed by atoms with Gasteiger partial charge in [-0.25, -0.2) is 0 Å². The molecular formula is C6H9LrN2-. The van der Waals surface area contributed by atoms with Crippen LogP contribution in [0, 0.1) is 6.04 Å². The fourth-order valence-corrected chi connectivity index (χ4v) is 0.489. The van der Waals surface area contributed by atoms with E-state index in [0.29, 0.717) is 0 Å². The van der Waals surface area contributed by atoms with E-state index in [1.807, 2.05) is 31.1 Å². The molecule has 0 spiro atoms. The standard InChI is InChI=1S/C6H9N2.Lr/c1-6-3-4-8(2)5-7-6;/h3-5H,1-2H3;/q-1;. The molecule has 0 amide bonds. The molecule has 0 fully saturated rings.